The van der Waals surface area contributed by atoms with Crippen molar-refractivity contribution in [3.05, 3.63) is 18.1 Å². The van der Waals surface area contributed by atoms with E-state index in [1.165, 1.54) is 25.9 Å². The van der Waals surface area contributed by atoms with Crippen LogP contribution in [0.3, 0.4) is 0 Å². The molecule has 0 spiro atoms. The quantitative estimate of drug-likeness (QED) is 0.906. The lowest BCUT2D eigenvalue weighted by Crippen LogP contribution is -2.38. The molecule has 1 aromatic rings. The molecule has 0 aliphatic carbocycles. The Morgan fingerprint density at radius 2 is 1.74 bits per heavy atom. The Kier molecular flexibility index (Phi) is 4.75. The minimum absolute atomic E-state index is 0.395. The first-order chi connectivity index (χ1) is 9.08. The van der Waals surface area contributed by atoms with Crippen LogP contribution in [-0.4, -0.2) is 40.0 Å². The highest BCUT2D eigenvalue weighted by molar-refractivity contribution is 5.42. The number of likely N-dealkylation sites (tertiary alicyclic amines) is 1. The van der Waals surface area contributed by atoms with Gasteiger partial charge in [-0.25, -0.2) is 4.98 Å². The van der Waals surface area contributed by atoms with E-state index in [1.807, 2.05) is 6.20 Å². The molecule has 1 N–H and O–H groups in total. The van der Waals surface area contributed by atoms with E-state index in [1.54, 1.807) is 6.20 Å². The second-order valence-electron chi connectivity index (χ2n) is 5.99. The number of hydrogen-bond donors (Lipinski definition) is 1. The molecule has 1 aliphatic rings. The molecule has 1 aliphatic heterocycles. The Labute approximate surface area is 116 Å². The Morgan fingerprint density at radius 1 is 1.11 bits per heavy atom. The van der Waals surface area contributed by atoms with Gasteiger partial charge in [0, 0.05) is 30.4 Å². The van der Waals surface area contributed by atoms with Gasteiger partial charge in [0.2, 0.25) is 0 Å². The second kappa shape index (κ2) is 6.33. The van der Waals surface area contributed by atoms with E-state index in [9.17, 15) is 0 Å². The number of nitrogens with one attached hydrogen (secondary N) is 1. The van der Waals surface area contributed by atoms with Gasteiger partial charge in [-0.05, 0) is 53.6 Å². The third-order valence-corrected chi connectivity index (χ3v) is 3.80. The Balaban J connectivity index is 2.06. The van der Waals surface area contributed by atoms with E-state index in [0.29, 0.717) is 18.0 Å². The molecule has 0 bridgehead atoms. The Hall–Kier alpha value is -1.16. The van der Waals surface area contributed by atoms with Crippen LogP contribution in [0.4, 0.5) is 5.82 Å². The van der Waals surface area contributed by atoms with Gasteiger partial charge in [0.25, 0.3) is 0 Å². The summed E-state index contributed by atoms with van der Waals surface area (Å²) in [6, 6.07) is 1.04. The van der Waals surface area contributed by atoms with Crippen molar-refractivity contribution in [3.8, 4) is 0 Å². The van der Waals surface area contributed by atoms with Crippen LogP contribution in [0.15, 0.2) is 12.4 Å². The first kappa shape index (κ1) is 14.3. The summed E-state index contributed by atoms with van der Waals surface area (Å²) in [7, 11) is 0. The van der Waals surface area contributed by atoms with Crippen molar-refractivity contribution < 1.29 is 0 Å². The summed E-state index contributed by atoms with van der Waals surface area (Å²) in [5.74, 6) is 1.52. The standard InChI is InChI=1S/C15H26N4/c1-11(2)18-15-14(16-7-8-17-15)13-5-9-19(10-6-13)12(3)4/h7-8,11-13H,5-6,9-10H2,1-4H3,(H,17,18). The fraction of sp³-hybridized carbons (Fsp3) is 0.733. The van der Waals surface area contributed by atoms with Gasteiger partial charge in [-0.2, -0.15) is 0 Å². The van der Waals surface area contributed by atoms with Crippen LogP contribution >= 0.6 is 0 Å². The molecule has 0 atom stereocenters. The van der Waals surface area contributed by atoms with Crippen molar-refractivity contribution in [2.24, 2.45) is 0 Å². The first-order valence-electron chi connectivity index (χ1n) is 7.39. The van der Waals surface area contributed by atoms with Crippen molar-refractivity contribution in [2.75, 3.05) is 18.4 Å². The molecule has 0 aromatic carbocycles. The van der Waals surface area contributed by atoms with Crippen LogP contribution in [-0.2, 0) is 0 Å². The van der Waals surface area contributed by atoms with Gasteiger partial charge in [-0.1, -0.05) is 0 Å². The topological polar surface area (TPSA) is 41.1 Å². The molecular formula is C15H26N4. The molecule has 0 unspecified atom stereocenters. The summed E-state index contributed by atoms with van der Waals surface area (Å²) in [6.45, 7) is 11.2. The van der Waals surface area contributed by atoms with Crippen molar-refractivity contribution in [3.63, 3.8) is 0 Å². The SMILES string of the molecule is CC(C)Nc1nccnc1C1CCN(C(C)C)CC1. The van der Waals surface area contributed by atoms with Crippen LogP contribution < -0.4 is 5.32 Å². The molecule has 1 aromatic heterocycles. The van der Waals surface area contributed by atoms with E-state index in [4.69, 9.17) is 0 Å². The first-order valence-corrected chi connectivity index (χ1v) is 7.39. The molecule has 106 valence electrons. The lowest BCUT2D eigenvalue weighted by Gasteiger charge is -2.34. The summed E-state index contributed by atoms with van der Waals surface area (Å²) in [6.07, 6.45) is 5.96. The van der Waals surface area contributed by atoms with Crippen LogP contribution in [0.25, 0.3) is 0 Å². The number of rotatable bonds is 4. The maximum absolute atomic E-state index is 4.58. The largest absolute Gasteiger partial charge is 0.366 e. The highest BCUT2D eigenvalue weighted by atomic mass is 15.2. The normalized spacial score (nSPS) is 18.2. The summed E-state index contributed by atoms with van der Waals surface area (Å²) < 4.78 is 0. The highest BCUT2D eigenvalue weighted by Crippen LogP contribution is 2.30. The van der Waals surface area contributed by atoms with E-state index in [0.717, 1.165) is 11.5 Å². The number of nitrogens with zero attached hydrogens (tertiary/aromatic N) is 3. The van der Waals surface area contributed by atoms with Gasteiger partial charge in [-0.15, -0.1) is 0 Å². The zero-order chi connectivity index (χ0) is 13.8. The molecule has 19 heavy (non-hydrogen) atoms. The molecule has 2 rings (SSSR count). The van der Waals surface area contributed by atoms with Gasteiger partial charge in [0.1, 0.15) is 5.82 Å². The van der Waals surface area contributed by atoms with Gasteiger partial charge in [-0.3, -0.25) is 4.98 Å². The molecule has 0 radical (unpaired) electrons. The van der Waals surface area contributed by atoms with Crippen LogP contribution in [0.5, 0.6) is 0 Å². The van der Waals surface area contributed by atoms with Crippen molar-refractivity contribution in [2.45, 2.75) is 58.5 Å². The fourth-order valence-corrected chi connectivity index (χ4v) is 2.72. The van der Waals surface area contributed by atoms with E-state index in [2.05, 4.69) is 47.9 Å². The lowest BCUT2D eigenvalue weighted by atomic mass is 9.92. The van der Waals surface area contributed by atoms with Crippen LogP contribution in [0.2, 0.25) is 0 Å². The van der Waals surface area contributed by atoms with Crippen LogP contribution in [0, 0.1) is 0 Å². The fourth-order valence-electron chi connectivity index (χ4n) is 2.72. The Bertz CT molecular complexity index is 395. The average molecular weight is 262 g/mol. The summed E-state index contributed by atoms with van der Waals surface area (Å²) in [5.41, 5.74) is 1.15. The predicted molar refractivity (Wildman–Crippen MR) is 79.5 cm³/mol. The third kappa shape index (κ3) is 3.66. The zero-order valence-electron chi connectivity index (χ0n) is 12.6. The maximum atomic E-state index is 4.58. The minimum Gasteiger partial charge on any atom is -0.366 e. The Morgan fingerprint density at radius 3 is 2.32 bits per heavy atom. The van der Waals surface area contributed by atoms with E-state index >= 15 is 0 Å². The monoisotopic (exact) mass is 262 g/mol. The average Bonchev–Trinajstić information content (AvgIpc) is 2.39. The van der Waals surface area contributed by atoms with Gasteiger partial charge in [0.15, 0.2) is 0 Å². The predicted octanol–water partition coefficient (Wildman–Crippen LogP) is 2.88. The number of hydrogen-bond acceptors (Lipinski definition) is 4. The molecular weight excluding hydrogens is 236 g/mol. The number of aromatic nitrogens is 2. The summed E-state index contributed by atoms with van der Waals surface area (Å²) in [4.78, 5) is 11.6. The van der Waals surface area contributed by atoms with E-state index < -0.39 is 0 Å². The van der Waals surface area contributed by atoms with Crippen molar-refractivity contribution >= 4 is 5.82 Å². The molecule has 2 heterocycles. The summed E-state index contributed by atoms with van der Waals surface area (Å²) >= 11 is 0. The lowest BCUT2D eigenvalue weighted by molar-refractivity contribution is 0.171. The molecule has 0 amide bonds. The molecule has 1 fully saturated rings. The van der Waals surface area contributed by atoms with E-state index in [-0.39, 0.29) is 0 Å². The zero-order valence-corrected chi connectivity index (χ0v) is 12.6. The van der Waals surface area contributed by atoms with Gasteiger partial charge >= 0.3 is 0 Å². The smallest absolute Gasteiger partial charge is 0.148 e. The number of anilines is 1. The van der Waals surface area contributed by atoms with Crippen molar-refractivity contribution in [1.29, 1.82) is 0 Å². The highest BCUT2D eigenvalue weighted by Gasteiger charge is 2.25. The van der Waals surface area contributed by atoms with Gasteiger partial charge < -0.3 is 10.2 Å². The maximum Gasteiger partial charge on any atom is 0.148 e. The molecule has 1 saturated heterocycles. The third-order valence-electron chi connectivity index (χ3n) is 3.80. The molecule has 4 nitrogen and oxygen atoms in total. The second-order valence-corrected chi connectivity index (χ2v) is 5.99. The summed E-state index contributed by atoms with van der Waals surface area (Å²) in [5, 5.41) is 3.42. The molecule has 0 saturated carbocycles. The van der Waals surface area contributed by atoms with Gasteiger partial charge in [0.05, 0.1) is 5.69 Å². The number of piperidine rings is 1. The van der Waals surface area contributed by atoms with Crippen LogP contribution in [0.1, 0.15) is 52.1 Å². The molecule has 4 heteroatoms. The van der Waals surface area contributed by atoms with Crippen molar-refractivity contribution in [1.82, 2.24) is 14.9 Å². The minimum atomic E-state index is 0.395.